The summed E-state index contributed by atoms with van der Waals surface area (Å²) in [7, 11) is 4.03. The van der Waals surface area contributed by atoms with Gasteiger partial charge in [-0.1, -0.05) is 6.07 Å². The summed E-state index contributed by atoms with van der Waals surface area (Å²) in [5.41, 5.74) is 1.12. The lowest BCUT2D eigenvalue weighted by atomic mass is 10.2. The topological polar surface area (TPSA) is 52.4 Å². The van der Waals surface area contributed by atoms with E-state index in [0.717, 1.165) is 29.4 Å². The fourth-order valence-electron chi connectivity index (χ4n) is 2.04. The van der Waals surface area contributed by atoms with Crippen molar-refractivity contribution in [2.45, 2.75) is 13.1 Å². The maximum Gasteiger partial charge on any atom is 0.231 e. The molecule has 6 heteroatoms. The molecule has 1 aromatic heterocycles. The van der Waals surface area contributed by atoms with Gasteiger partial charge in [-0.15, -0.1) is 0 Å². The van der Waals surface area contributed by atoms with E-state index >= 15 is 0 Å². The van der Waals surface area contributed by atoms with Gasteiger partial charge in [-0.05, 0) is 31.8 Å². The molecule has 0 N–H and O–H groups in total. The van der Waals surface area contributed by atoms with Gasteiger partial charge >= 0.3 is 0 Å². The SMILES string of the molecule is CN(C)Cc1ncnn1Cc1ccc2c(c1)OCO2. The second-order valence-electron chi connectivity index (χ2n) is 4.76. The van der Waals surface area contributed by atoms with E-state index in [0.29, 0.717) is 13.3 Å². The highest BCUT2D eigenvalue weighted by Crippen LogP contribution is 2.32. The minimum Gasteiger partial charge on any atom is -0.454 e. The molecule has 0 saturated heterocycles. The lowest BCUT2D eigenvalue weighted by Gasteiger charge is -2.11. The summed E-state index contributed by atoms with van der Waals surface area (Å²) in [6, 6.07) is 5.94. The highest BCUT2D eigenvalue weighted by atomic mass is 16.7. The lowest BCUT2D eigenvalue weighted by molar-refractivity contribution is 0.174. The smallest absolute Gasteiger partial charge is 0.231 e. The normalized spacial score (nSPS) is 13.2. The van der Waals surface area contributed by atoms with Gasteiger partial charge in [0.15, 0.2) is 11.5 Å². The zero-order valence-corrected chi connectivity index (χ0v) is 11.0. The Balaban J connectivity index is 1.80. The molecular formula is C13H16N4O2. The third-order valence-corrected chi connectivity index (χ3v) is 2.92. The number of fused-ring (bicyclic) bond motifs is 1. The summed E-state index contributed by atoms with van der Waals surface area (Å²) < 4.78 is 12.6. The monoisotopic (exact) mass is 260 g/mol. The van der Waals surface area contributed by atoms with Gasteiger partial charge in [-0.3, -0.25) is 0 Å². The van der Waals surface area contributed by atoms with E-state index in [1.54, 1.807) is 6.33 Å². The molecule has 0 fully saturated rings. The third kappa shape index (κ3) is 2.53. The van der Waals surface area contributed by atoms with E-state index < -0.39 is 0 Å². The summed E-state index contributed by atoms with van der Waals surface area (Å²) in [4.78, 5) is 6.35. The van der Waals surface area contributed by atoms with Gasteiger partial charge in [-0.2, -0.15) is 5.10 Å². The van der Waals surface area contributed by atoms with Crippen molar-refractivity contribution in [1.82, 2.24) is 19.7 Å². The Morgan fingerprint density at radius 3 is 2.95 bits per heavy atom. The first kappa shape index (κ1) is 12.0. The van der Waals surface area contributed by atoms with E-state index in [9.17, 15) is 0 Å². The Hall–Kier alpha value is -2.08. The maximum atomic E-state index is 5.38. The van der Waals surface area contributed by atoms with Crippen molar-refractivity contribution in [3.05, 3.63) is 35.9 Å². The van der Waals surface area contributed by atoms with Gasteiger partial charge in [0.2, 0.25) is 6.79 Å². The summed E-state index contributed by atoms with van der Waals surface area (Å²) in [5, 5.41) is 4.26. The van der Waals surface area contributed by atoms with Crippen LogP contribution in [-0.2, 0) is 13.1 Å². The summed E-state index contributed by atoms with van der Waals surface area (Å²) >= 11 is 0. The molecule has 2 heterocycles. The molecule has 0 saturated carbocycles. The molecule has 1 aliphatic heterocycles. The van der Waals surface area contributed by atoms with Crippen LogP contribution in [0.5, 0.6) is 11.5 Å². The van der Waals surface area contributed by atoms with Crippen LogP contribution in [0.3, 0.4) is 0 Å². The van der Waals surface area contributed by atoms with Crippen LogP contribution in [0.4, 0.5) is 0 Å². The summed E-state index contributed by atoms with van der Waals surface area (Å²) in [5.74, 6) is 2.55. The quantitative estimate of drug-likeness (QED) is 0.824. The molecule has 100 valence electrons. The number of benzene rings is 1. The van der Waals surface area contributed by atoms with Crippen molar-refractivity contribution in [3.8, 4) is 11.5 Å². The van der Waals surface area contributed by atoms with E-state index in [-0.39, 0.29) is 0 Å². The molecule has 0 bridgehead atoms. The highest BCUT2D eigenvalue weighted by Gasteiger charge is 2.14. The van der Waals surface area contributed by atoms with Crippen molar-refractivity contribution in [2.24, 2.45) is 0 Å². The summed E-state index contributed by atoms with van der Waals surface area (Å²) in [6.45, 7) is 1.75. The average Bonchev–Trinajstić information content (AvgIpc) is 2.98. The van der Waals surface area contributed by atoms with Crippen molar-refractivity contribution in [1.29, 1.82) is 0 Å². The first-order chi connectivity index (χ1) is 9.22. The highest BCUT2D eigenvalue weighted by molar-refractivity contribution is 5.44. The Morgan fingerprint density at radius 1 is 1.26 bits per heavy atom. The Bertz CT molecular complexity index is 580. The van der Waals surface area contributed by atoms with Gasteiger partial charge in [0.05, 0.1) is 13.1 Å². The molecule has 1 aliphatic rings. The number of hydrogen-bond donors (Lipinski definition) is 0. The fraction of sp³-hybridized carbons (Fsp3) is 0.385. The Morgan fingerprint density at radius 2 is 2.11 bits per heavy atom. The molecule has 1 aromatic carbocycles. The van der Waals surface area contributed by atoms with Gasteiger partial charge in [-0.25, -0.2) is 9.67 Å². The molecule has 6 nitrogen and oxygen atoms in total. The molecule has 2 aromatic rings. The molecule has 0 unspecified atom stereocenters. The number of nitrogens with zero attached hydrogens (tertiary/aromatic N) is 4. The summed E-state index contributed by atoms with van der Waals surface area (Å²) in [6.07, 6.45) is 1.59. The van der Waals surface area contributed by atoms with E-state index in [1.807, 2.05) is 37.0 Å². The Labute approximate surface area is 111 Å². The molecule has 19 heavy (non-hydrogen) atoms. The van der Waals surface area contributed by atoms with E-state index in [1.165, 1.54) is 0 Å². The number of ether oxygens (including phenoxy) is 2. The van der Waals surface area contributed by atoms with Gasteiger partial charge in [0.25, 0.3) is 0 Å². The molecule has 0 aliphatic carbocycles. The van der Waals surface area contributed by atoms with Crippen LogP contribution in [0.1, 0.15) is 11.4 Å². The molecule has 0 atom stereocenters. The van der Waals surface area contributed by atoms with Crippen LogP contribution in [-0.4, -0.2) is 40.6 Å². The van der Waals surface area contributed by atoms with Gasteiger partial charge < -0.3 is 14.4 Å². The first-order valence-electron chi connectivity index (χ1n) is 6.12. The zero-order valence-electron chi connectivity index (χ0n) is 11.0. The van der Waals surface area contributed by atoms with Crippen molar-refractivity contribution in [3.63, 3.8) is 0 Å². The van der Waals surface area contributed by atoms with Crippen LogP contribution >= 0.6 is 0 Å². The van der Waals surface area contributed by atoms with Crippen molar-refractivity contribution in [2.75, 3.05) is 20.9 Å². The molecule has 3 rings (SSSR count). The largest absolute Gasteiger partial charge is 0.454 e. The zero-order chi connectivity index (χ0) is 13.2. The number of hydrogen-bond acceptors (Lipinski definition) is 5. The predicted octanol–water partition coefficient (Wildman–Crippen LogP) is 1.12. The van der Waals surface area contributed by atoms with Crippen LogP contribution < -0.4 is 9.47 Å². The molecule has 0 radical (unpaired) electrons. The predicted molar refractivity (Wildman–Crippen MR) is 69.1 cm³/mol. The fourth-order valence-corrected chi connectivity index (χ4v) is 2.04. The second-order valence-corrected chi connectivity index (χ2v) is 4.76. The number of rotatable bonds is 4. The maximum absolute atomic E-state index is 5.38. The minimum absolute atomic E-state index is 0.300. The standard InChI is InChI=1S/C13H16N4O2/c1-16(2)7-13-14-8-15-17(13)6-10-3-4-11-12(5-10)19-9-18-11/h3-5,8H,6-7,9H2,1-2H3. The van der Waals surface area contributed by atoms with Crippen LogP contribution in [0.2, 0.25) is 0 Å². The molecule has 0 amide bonds. The Kier molecular flexibility index (Phi) is 3.08. The van der Waals surface area contributed by atoms with Crippen LogP contribution in [0, 0.1) is 0 Å². The van der Waals surface area contributed by atoms with Gasteiger partial charge in [0.1, 0.15) is 12.2 Å². The minimum atomic E-state index is 0.300. The second kappa shape index (κ2) is 4.89. The van der Waals surface area contributed by atoms with E-state index in [4.69, 9.17) is 9.47 Å². The molecular weight excluding hydrogens is 244 g/mol. The van der Waals surface area contributed by atoms with Crippen molar-refractivity contribution >= 4 is 0 Å². The molecule has 0 spiro atoms. The third-order valence-electron chi connectivity index (χ3n) is 2.92. The average molecular weight is 260 g/mol. The van der Waals surface area contributed by atoms with Gasteiger partial charge in [0, 0.05) is 0 Å². The lowest BCUT2D eigenvalue weighted by Crippen LogP contribution is -2.16. The van der Waals surface area contributed by atoms with Crippen molar-refractivity contribution < 1.29 is 9.47 Å². The van der Waals surface area contributed by atoms with E-state index in [2.05, 4.69) is 15.0 Å². The van der Waals surface area contributed by atoms with Crippen LogP contribution in [0.25, 0.3) is 0 Å². The number of aromatic nitrogens is 3. The first-order valence-corrected chi connectivity index (χ1v) is 6.12. The van der Waals surface area contributed by atoms with Crippen LogP contribution in [0.15, 0.2) is 24.5 Å².